The summed E-state index contributed by atoms with van der Waals surface area (Å²) in [5, 5.41) is 0. The molecule has 0 radical (unpaired) electrons. The van der Waals surface area contributed by atoms with Gasteiger partial charge in [-0.3, -0.25) is 0 Å². The first kappa shape index (κ1) is 13.0. The van der Waals surface area contributed by atoms with E-state index in [-0.39, 0.29) is 0 Å². The van der Waals surface area contributed by atoms with Crippen LogP contribution in [0.4, 0.5) is 0 Å². The highest BCUT2D eigenvalue weighted by Gasteiger charge is 2.12. The standard InChI is InChI=1S/C16H24N2/c1-4-6-13-8-15(17-10-13)12(3)16-9-14(7-5-2)11-18-16/h8-12,17-18H,4-7H2,1-3H3. The van der Waals surface area contributed by atoms with E-state index in [9.17, 15) is 0 Å². The lowest BCUT2D eigenvalue weighted by molar-refractivity contribution is 0.850. The molecular formula is C16H24N2. The molecule has 0 amide bonds. The summed E-state index contributed by atoms with van der Waals surface area (Å²) >= 11 is 0. The molecule has 0 aliphatic carbocycles. The molecule has 2 N–H and O–H groups in total. The Morgan fingerprint density at radius 3 is 1.72 bits per heavy atom. The van der Waals surface area contributed by atoms with Gasteiger partial charge in [0.25, 0.3) is 0 Å². The molecule has 2 aromatic rings. The lowest BCUT2D eigenvalue weighted by atomic mass is 10.0. The minimum absolute atomic E-state index is 0.418. The second kappa shape index (κ2) is 5.94. The van der Waals surface area contributed by atoms with Crippen molar-refractivity contribution in [1.82, 2.24) is 9.97 Å². The van der Waals surface area contributed by atoms with Crippen molar-refractivity contribution in [2.75, 3.05) is 0 Å². The van der Waals surface area contributed by atoms with Crippen LogP contribution in [0, 0.1) is 0 Å². The zero-order valence-electron chi connectivity index (χ0n) is 11.7. The third-order valence-electron chi connectivity index (χ3n) is 3.54. The molecule has 0 unspecified atom stereocenters. The van der Waals surface area contributed by atoms with Crippen LogP contribution in [0.5, 0.6) is 0 Å². The van der Waals surface area contributed by atoms with Crippen LogP contribution in [0.3, 0.4) is 0 Å². The minimum Gasteiger partial charge on any atom is -0.364 e. The van der Waals surface area contributed by atoms with E-state index in [1.165, 1.54) is 35.4 Å². The van der Waals surface area contributed by atoms with E-state index in [0.717, 1.165) is 12.8 Å². The number of nitrogens with one attached hydrogen (secondary N) is 2. The van der Waals surface area contributed by atoms with Crippen LogP contribution in [0.15, 0.2) is 24.5 Å². The van der Waals surface area contributed by atoms with Crippen molar-refractivity contribution in [3.05, 3.63) is 47.0 Å². The summed E-state index contributed by atoms with van der Waals surface area (Å²) < 4.78 is 0. The van der Waals surface area contributed by atoms with E-state index in [1.54, 1.807) is 0 Å². The molecule has 0 spiro atoms. The molecule has 18 heavy (non-hydrogen) atoms. The maximum Gasteiger partial charge on any atom is 0.0363 e. The Bertz CT molecular complexity index is 435. The van der Waals surface area contributed by atoms with Crippen LogP contribution in [0.25, 0.3) is 0 Å². The fourth-order valence-corrected chi connectivity index (χ4v) is 2.45. The van der Waals surface area contributed by atoms with Gasteiger partial charge in [0.2, 0.25) is 0 Å². The number of rotatable bonds is 6. The average Bonchev–Trinajstić information content (AvgIpc) is 2.98. The molecule has 2 nitrogen and oxygen atoms in total. The summed E-state index contributed by atoms with van der Waals surface area (Å²) in [6.45, 7) is 6.69. The molecule has 2 rings (SSSR count). The zero-order chi connectivity index (χ0) is 13.0. The molecule has 0 aliphatic heterocycles. The molecule has 0 aromatic carbocycles. The van der Waals surface area contributed by atoms with Crippen LogP contribution in [-0.4, -0.2) is 9.97 Å². The summed E-state index contributed by atoms with van der Waals surface area (Å²) in [7, 11) is 0. The second-order valence-corrected chi connectivity index (χ2v) is 5.15. The monoisotopic (exact) mass is 244 g/mol. The first-order chi connectivity index (χ1) is 8.74. The Morgan fingerprint density at radius 1 is 0.889 bits per heavy atom. The summed E-state index contributed by atoms with van der Waals surface area (Å²) in [5.41, 5.74) is 5.45. The second-order valence-electron chi connectivity index (χ2n) is 5.15. The topological polar surface area (TPSA) is 31.6 Å². The van der Waals surface area contributed by atoms with Crippen molar-refractivity contribution >= 4 is 0 Å². The predicted molar refractivity (Wildman–Crippen MR) is 77.1 cm³/mol. The average molecular weight is 244 g/mol. The third kappa shape index (κ3) is 2.87. The maximum atomic E-state index is 3.41. The normalized spacial score (nSPS) is 11.3. The maximum absolute atomic E-state index is 3.41. The summed E-state index contributed by atoms with van der Waals surface area (Å²) in [6.07, 6.45) is 9.02. The van der Waals surface area contributed by atoms with Gasteiger partial charge in [0, 0.05) is 29.7 Å². The van der Waals surface area contributed by atoms with Crippen LogP contribution in [0.1, 0.15) is 62.0 Å². The van der Waals surface area contributed by atoms with Gasteiger partial charge in [-0.15, -0.1) is 0 Å². The van der Waals surface area contributed by atoms with Crippen LogP contribution < -0.4 is 0 Å². The van der Waals surface area contributed by atoms with Crippen molar-refractivity contribution in [3.63, 3.8) is 0 Å². The van der Waals surface area contributed by atoms with Gasteiger partial charge < -0.3 is 9.97 Å². The van der Waals surface area contributed by atoms with Crippen LogP contribution >= 0.6 is 0 Å². The SMILES string of the molecule is CCCc1c[nH]c(C(C)c2cc(CCC)c[nH]2)c1. The molecule has 2 heterocycles. The summed E-state index contributed by atoms with van der Waals surface area (Å²) in [6, 6.07) is 4.60. The van der Waals surface area contributed by atoms with Crippen molar-refractivity contribution < 1.29 is 0 Å². The number of hydrogen-bond donors (Lipinski definition) is 2. The van der Waals surface area contributed by atoms with E-state index in [4.69, 9.17) is 0 Å². The molecule has 0 aliphatic rings. The van der Waals surface area contributed by atoms with Crippen molar-refractivity contribution in [2.45, 2.75) is 52.4 Å². The number of H-pyrrole nitrogens is 2. The Morgan fingerprint density at radius 2 is 1.33 bits per heavy atom. The zero-order valence-corrected chi connectivity index (χ0v) is 11.7. The molecule has 0 bridgehead atoms. The van der Waals surface area contributed by atoms with Gasteiger partial charge in [0.15, 0.2) is 0 Å². The van der Waals surface area contributed by atoms with E-state index >= 15 is 0 Å². The fourth-order valence-electron chi connectivity index (χ4n) is 2.45. The predicted octanol–water partition coefficient (Wildman–Crippen LogP) is 4.40. The fraction of sp³-hybridized carbons (Fsp3) is 0.500. The number of aromatic nitrogens is 2. The van der Waals surface area contributed by atoms with E-state index < -0.39 is 0 Å². The number of aromatic amines is 2. The van der Waals surface area contributed by atoms with Gasteiger partial charge in [-0.05, 0) is 36.1 Å². The van der Waals surface area contributed by atoms with Crippen LogP contribution in [0.2, 0.25) is 0 Å². The molecule has 0 saturated heterocycles. The van der Waals surface area contributed by atoms with E-state index in [2.05, 4.69) is 55.3 Å². The first-order valence-electron chi connectivity index (χ1n) is 7.09. The molecule has 0 saturated carbocycles. The van der Waals surface area contributed by atoms with Crippen molar-refractivity contribution in [1.29, 1.82) is 0 Å². The smallest absolute Gasteiger partial charge is 0.0363 e. The third-order valence-corrected chi connectivity index (χ3v) is 3.54. The molecular weight excluding hydrogens is 220 g/mol. The Kier molecular flexibility index (Phi) is 4.29. The highest BCUT2D eigenvalue weighted by molar-refractivity contribution is 5.29. The molecule has 2 aromatic heterocycles. The minimum atomic E-state index is 0.418. The first-order valence-corrected chi connectivity index (χ1v) is 7.09. The highest BCUT2D eigenvalue weighted by atomic mass is 14.7. The van der Waals surface area contributed by atoms with Crippen molar-refractivity contribution in [2.24, 2.45) is 0 Å². The molecule has 0 fully saturated rings. The van der Waals surface area contributed by atoms with Gasteiger partial charge in [-0.25, -0.2) is 0 Å². The quantitative estimate of drug-likeness (QED) is 0.755. The van der Waals surface area contributed by atoms with Crippen LogP contribution in [-0.2, 0) is 12.8 Å². The lowest BCUT2D eigenvalue weighted by Gasteiger charge is -2.06. The number of hydrogen-bond acceptors (Lipinski definition) is 0. The van der Waals surface area contributed by atoms with Gasteiger partial charge in [-0.1, -0.05) is 33.6 Å². The Balaban J connectivity index is 2.10. The molecule has 2 heteroatoms. The van der Waals surface area contributed by atoms with Gasteiger partial charge >= 0.3 is 0 Å². The lowest BCUT2D eigenvalue weighted by Crippen LogP contribution is -1.96. The van der Waals surface area contributed by atoms with E-state index in [0.29, 0.717) is 5.92 Å². The Labute approximate surface area is 110 Å². The van der Waals surface area contributed by atoms with Gasteiger partial charge in [0.1, 0.15) is 0 Å². The Hall–Kier alpha value is -1.44. The van der Waals surface area contributed by atoms with Crippen molar-refractivity contribution in [3.8, 4) is 0 Å². The highest BCUT2D eigenvalue weighted by Crippen LogP contribution is 2.24. The van der Waals surface area contributed by atoms with Gasteiger partial charge in [-0.2, -0.15) is 0 Å². The van der Waals surface area contributed by atoms with Gasteiger partial charge in [0.05, 0.1) is 0 Å². The molecule has 98 valence electrons. The summed E-state index contributed by atoms with van der Waals surface area (Å²) in [4.78, 5) is 6.82. The molecule has 0 atom stereocenters. The van der Waals surface area contributed by atoms with E-state index in [1.807, 2.05) is 0 Å². The summed E-state index contributed by atoms with van der Waals surface area (Å²) in [5.74, 6) is 0.418. The number of aryl methyl sites for hydroxylation is 2. The largest absolute Gasteiger partial charge is 0.364 e.